The largest absolute Gasteiger partial charge is 0.383 e. The number of nitrogen functional groups attached to an aromatic ring is 1. The number of nitrogens with one attached hydrogen (secondary N) is 1. The van der Waals surface area contributed by atoms with Gasteiger partial charge in [0, 0.05) is 25.2 Å². The maximum atomic E-state index is 11.2. The minimum Gasteiger partial charge on any atom is -0.383 e. The third kappa shape index (κ3) is 1.29. The molecule has 0 amide bonds. The summed E-state index contributed by atoms with van der Waals surface area (Å²) in [5, 5.41) is 0. The Morgan fingerprint density at radius 1 is 1.47 bits per heavy atom. The van der Waals surface area contributed by atoms with Gasteiger partial charge in [0.05, 0.1) is 0 Å². The van der Waals surface area contributed by atoms with Gasteiger partial charge in [-0.2, -0.15) is 4.98 Å². The first-order valence-electron chi connectivity index (χ1n) is 5.02. The second-order valence-electron chi connectivity index (χ2n) is 4.30. The van der Waals surface area contributed by atoms with Crippen molar-refractivity contribution in [2.24, 2.45) is 17.6 Å². The van der Waals surface area contributed by atoms with Gasteiger partial charge < -0.3 is 16.4 Å². The molecule has 2 fully saturated rings. The van der Waals surface area contributed by atoms with Crippen LogP contribution in [0.1, 0.15) is 0 Å². The lowest BCUT2D eigenvalue weighted by Crippen LogP contribution is -2.31. The van der Waals surface area contributed by atoms with Crippen molar-refractivity contribution in [1.29, 1.82) is 0 Å². The fourth-order valence-corrected chi connectivity index (χ4v) is 2.36. The molecule has 1 aromatic heterocycles. The molecule has 2 aliphatic rings. The third-order valence-electron chi connectivity index (χ3n) is 3.31. The van der Waals surface area contributed by atoms with Crippen LogP contribution < -0.4 is 21.9 Å². The van der Waals surface area contributed by atoms with Gasteiger partial charge in [-0.05, 0) is 11.8 Å². The Balaban J connectivity index is 1.86. The molecule has 3 rings (SSSR count). The van der Waals surface area contributed by atoms with E-state index in [0.717, 1.165) is 13.1 Å². The van der Waals surface area contributed by atoms with Crippen LogP contribution in [-0.2, 0) is 0 Å². The van der Waals surface area contributed by atoms with Crippen LogP contribution in [0.3, 0.4) is 0 Å². The van der Waals surface area contributed by atoms with E-state index in [1.165, 1.54) is 6.07 Å². The van der Waals surface area contributed by atoms with Gasteiger partial charge in [0.2, 0.25) is 5.95 Å². The number of H-pyrrole nitrogens is 1. The summed E-state index contributed by atoms with van der Waals surface area (Å²) in [6.45, 7) is 1.75. The van der Waals surface area contributed by atoms with Gasteiger partial charge in [0.25, 0.3) is 5.56 Å². The predicted molar refractivity (Wildman–Crippen MR) is 56.4 cm³/mol. The highest BCUT2D eigenvalue weighted by Gasteiger charge is 2.54. The number of hydrogen-bond acceptors (Lipinski definition) is 5. The molecule has 1 saturated carbocycles. The molecular formula is C9H13N5O. The number of nitrogens with two attached hydrogens (primary N) is 2. The molecule has 1 saturated heterocycles. The standard InChI is InChI=1S/C9H13N5O/c10-6-1-7(15)13-9(12-6)14-2-4-5(3-14)8(4)11/h1,4-5,8H,2-3,11H2,(H3,10,12,13,15). The van der Waals surface area contributed by atoms with Crippen LogP contribution in [0.5, 0.6) is 0 Å². The van der Waals surface area contributed by atoms with Crippen LogP contribution >= 0.6 is 0 Å². The Kier molecular flexibility index (Phi) is 1.59. The minimum atomic E-state index is -0.206. The lowest BCUT2D eigenvalue weighted by Gasteiger charge is -2.19. The molecule has 5 N–H and O–H groups in total. The fraction of sp³-hybridized carbons (Fsp3) is 0.556. The molecule has 0 radical (unpaired) electrons. The van der Waals surface area contributed by atoms with E-state index in [2.05, 4.69) is 9.97 Å². The first-order valence-corrected chi connectivity index (χ1v) is 5.02. The number of anilines is 2. The number of rotatable bonds is 1. The first kappa shape index (κ1) is 8.72. The summed E-state index contributed by atoms with van der Waals surface area (Å²) in [6.07, 6.45) is 0. The smallest absolute Gasteiger partial charge is 0.254 e. The molecule has 0 aromatic carbocycles. The van der Waals surface area contributed by atoms with Crippen molar-refractivity contribution < 1.29 is 0 Å². The predicted octanol–water partition coefficient (Wildman–Crippen LogP) is -1.25. The van der Waals surface area contributed by atoms with Crippen LogP contribution in [-0.4, -0.2) is 29.1 Å². The van der Waals surface area contributed by atoms with Crippen LogP contribution in [0.15, 0.2) is 10.9 Å². The maximum Gasteiger partial charge on any atom is 0.254 e. The van der Waals surface area contributed by atoms with Gasteiger partial charge in [0.15, 0.2) is 0 Å². The molecule has 2 unspecified atom stereocenters. The van der Waals surface area contributed by atoms with Crippen LogP contribution in [0, 0.1) is 11.8 Å². The Morgan fingerprint density at radius 2 is 2.13 bits per heavy atom. The van der Waals surface area contributed by atoms with Crippen LogP contribution in [0.25, 0.3) is 0 Å². The summed E-state index contributed by atoms with van der Waals surface area (Å²) in [5.41, 5.74) is 11.1. The first-order chi connectivity index (χ1) is 7.15. The normalized spacial score (nSPS) is 32.9. The number of piperidine rings is 1. The van der Waals surface area contributed by atoms with E-state index in [-0.39, 0.29) is 11.4 Å². The lowest BCUT2D eigenvalue weighted by molar-refractivity contribution is 0.724. The van der Waals surface area contributed by atoms with Crippen molar-refractivity contribution >= 4 is 11.8 Å². The van der Waals surface area contributed by atoms with E-state index in [4.69, 9.17) is 11.5 Å². The highest BCUT2D eigenvalue weighted by Crippen LogP contribution is 2.44. The number of aromatic amines is 1. The molecule has 0 bridgehead atoms. The van der Waals surface area contributed by atoms with Crippen LogP contribution in [0.2, 0.25) is 0 Å². The average Bonchev–Trinajstić information content (AvgIpc) is 2.64. The molecule has 15 heavy (non-hydrogen) atoms. The molecule has 6 nitrogen and oxygen atoms in total. The number of fused-ring (bicyclic) bond motifs is 1. The minimum absolute atomic E-state index is 0.206. The van der Waals surface area contributed by atoms with E-state index in [0.29, 0.717) is 23.8 Å². The van der Waals surface area contributed by atoms with Gasteiger partial charge in [-0.1, -0.05) is 0 Å². The average molecular weight is 207 g/mol. The monoisotopic (exact) mass is 207 g/mol. The van der Waals surface area contributed by atoms with Gasteiger partial charge in [-0.25, -0.2) is 0 Å². The molecule has 0 spiro atoms. The second kappa shape index (κ2) is 2.73. The summed E-state index contributed by atoms with van der Waals surface area (Å²) in [7, 11) is 0. The molecule has 1 aromatic rings. The van der Waals surface area contributed by atoms with Gasteiger partial charge in [-0.3, -0.25) is 9.78 Å². The van der Waals surface area contributed by atoms with Crippen LogP contribution in [0.4, 0.5) is 11.8 Å². The number of aromatic nitrogens is 2. The zero-order valence-electron chi connectivity index (χ0n) is 8.18. The summed E-state index contributed by atoms with van der Waals surface area (Å²) >= 11 is 0. The van der Waals surface area contributed by atoms with E-state index < -0.39 is 0 Å². The van der Waals surface area contributed by atoms with Crippen molar-refractivity contribution in [2.75, 3.05) is 23.7 Å². The summed E-state index contributed by atoms with van der Waals surface area (Å²) in [5.74, 6) is 1.96. The summed E-state index contributed by atoms with van der Waals surface area (Å²) < 4.78 is 0. The Labute approximate surface area is 86.3 Å². The van der Waals surface area contributed by atoms with Crippen molar-refractivity contribution in [3.63, 3.8) is 0 Å². The second-order valence-corrected chi connectivity index (χ2v) is 4.30. The van der Waals surface area contributed by atoms with E-state index in [1.54, 1.807) is 0 Å². The quantitative estimate of drug-likeness (QED) is 0.534. The van der Waals surface area contributed by atoms with Crippen molar-refractivity contribution in [3.8, 4) is 0 Å². The van der Waals surface area contributed by atoms with E-state index in [1.807, 2.05) is 4.90 Å². The molecule has 80 valence electrons. The van der Waals surface area contributed by atoms with E-state index >= 15 is 0 Å². The van der Waals surface area contributed by atoms with Crippen molar-refractivity contribution in [2.45, 2.75) is 6.04 Å². The zero-order valence-corrected chi connectivity index (χ0v) is 8.18. The van der Waals surface area contributed by atoms with Crippen molar-refractivity contribution in [1.82, 2.24) is 9.97 Å². The van der Waals surface area contributed by atoms with Gasteiger partial charge >= 0.3 is 0 Å². The Morgan fingerprint density at radius 3 is 2.73 bits per heavy atom. The summed E-state index contributed by atoms with van der Waals surface area (Å²) in [4.78, 5) is 20.0. The Hall–Kier alpha value is -1.56. The lowest BCUT2D eigenvalue weighted by atomic mass is 10.4. The highest BCUT2D eigenvalue weighted by molar-refractivity contribution is 5.41. The van der Waals surface area contributed by atoms with Gasteiger partial charge in [0.1, 0.15) is 5.82 Å². The number of nitrogens with zero attached hydrogens (tertiary/aromatic N) is 2. The molecule has 2 heterocycles. The van der Waals surface area contributed by atoms with E-state index in [9.17, 15) is 4.79 Å². The maximum absolute atomic E-state index is 11.2. The van der Waals surface area contributed by atoms with Gasteiger partial charge in [-0.15, -0.1) is 0 Å². The molecule has 6 heteroatoms. The topological polar surface area (TPSA) is 101 Å². The fourth-order valence-electron chi connectivity index (χ4n) is 2.36. The molecule has 1 aliphatic heterocycles. The Bertz CT molecular complexity index is 444. The molecule has 2 atom stereocenters. The molecular weight excluding hydrogens is 194 g/mol. The highest BCUT2D eigenvalue weighted by atomic mass is 16.1. The van der Waals surface area contributed by atoms with Crippen molar-refractivity contribution in [3.05, 3.63) is 16.4 Å². The summed E-state index contributed by atoms with van der Waals surface area (Å²) in [6, 6.07) is 1.63. The zero-order chi connectivity index (χ0) is 10.6. The molecule has 1 aliphatic carbocycles. The third-order valence-corrected chi connectivity index (χ3v) is 3.31. The SMILES string of the molecule is Nc1cc(=O)[nH]c(N2CC3C(N)C3C2)n1. The number of hydrogen-bond donors (Lipinski definition) is 3.